The van der Waals surface area contributed by atoms with Crippen molar-refractivity contribution in [1.29, 1.82) is 0 Å². The summed E-state index contributed by atoms with van der Waals surface area (Å²) in [5, 5.41) is 3.06. The number of hydrogen-bond acceptors (Lipinski definition) is 3. The molecule has 6 heteroatoms. The molecule has 0 aromatic heterocycles. The number of rotatable bonds is 7. The van der Waals surface area contributed by atoms with Gasteiger partial charge in [0, 0.05) is 19.5 Å². The molecule has 1 aliphatic heterocycles. The Balaban J connectivity index is 1.90. The van der Waals surface area contributed by atoms with E-state index in [-0.39, 0.29) is 35.4 Å². The van der Waals surface area contributed by atoms with Crippen LogP contribution in [0.3, 0.4) is 0 Å². The first-order valence-electron chi connectivity index (χ1n) is 7.47. The lowest BCUT2D eigenvalue weighted by Gasteiger charge is -2.13. The van der Waals surface area contributed by atoms with Gasteiger partial charge in [-0.2, -0.15) is 0 Å². The fourth-order valence-corrected chi connectivity index (χ4v) is 2.66. The number of carbonyl (C=O) groups excluding carboxylic acids is 3. The van der Waals surface area contributed by atoms with E-state index in [9.17, 15) is 14.4 Å². The van der Waals surface area contributed by atoms with Crippen molar-refractivity contribution >= 4 is 29.3 Å². The highest BCUT2D eigenvalue weighted by Gasteiger charge is 2.36. The lowest BCUT2D eigenvalue weighted by molar-refractivity contribution is -0.121. The number of benzene rings is 1. The van der Waals surface area contributed by atoms with Crippen LogP contribution in [0, 0.1) is 0 Å². The molecule has 0 aliphatic carbocycles. The molecule has 0 unspecified atom stereocenters. The van der Waals surface area contributed by atoms with E-state index in [0.717, 1.165) is 24.2 Å². The largest absolute Gasteiger partial charge is 0.356 e. The lowest BCUT2D eigenvalue weighted by atomic mass is 10.1. The molecule has 0 saturated carbocycles. The fourth-order valence-electron chi connectivity index (χ4n) is 2.40. The van der Waals surface area contributed by atoms with Crippen molar-refractivity contribution in [3.8, 4) is 0 Å². The molecule has 3 amide bonds. The number of unbranched alkanes of at least 4 members (excludes halogenated alkanes) is 2. The molecule has 0 bridgehead atoms. The fraction of sp³-hybridized carbons (Fsp3) is 0.438. The molecule has 0 atom stereocenters. The highest BCUT2D eigenvalue weighted by molar-refractivity contribution is 6.37. The Morgan fingerprint density at radius 2 is 2.00 bits per heavy atom. The maximum Gasteiger partial charge on any atom is 0.263 e. The van der Waals surface area contributed by atoms with E-state index in [1.807, 2.05) is 0 Å². The van der Waals surface area contributed by atoms with Crippen LogP contribution >= 0.6 is 11.6 Å². The summed E-state index contributed by atoms with van der Waals surface area (Å²) < 4.78 is 0. The van der Waals surface area contributed by atoms with Gasteiger partial charge in [0.25, 0.3) is 11.8 Å². The van der Waals surface area contributed by atoms with Crippen LogP contribution in [-0.4, -0.2) is 35.7 Å². The van der Waals surface area contributed by atoms with Crippen LogP contribution in [0.2, 0.25) is 5.02 Å². The monoisotopic (exact) mass is 322 g/mol. The smallest absolute Gasteiger partial charge is 0.263 e. The lowest BCUT2D eigenvalue weighted by Crippen LogP contribution is -2.34. The SMILES string of the molecule is CCCCCNC(=O)CCN1C(=O)c2cccc(Cl)c2C1=O. The Kier molecular flexibility index (Phi) is 5.55. The number of hydrogen-bond donors (Lipinski definition) is 1. The molecule has 0 radical (unpaired) electrons. The molecule has 1 N–H and O–H groups in total. The topological polar surface area (TPSA) is 66.5 Å². The molecule has 5 nitrogen and oxygen atoms in total. The van der Waals surface area contributed by atoms with E-state index in [4.69, 9.17) is 11.6 Å². The van der Waals surface area contributed by atoms with Crippen molar-refractivity contribution in [1.82, 2.24) is 10.2 Å². The molecule has 1 aliphatic rings. The van der Waals surface area contributed by atoms with E-state index in [1.165, 1.54) is 0 Å². The molecule has 0 saturated heterocycles. The van der Waals surface area contributed by atoms with Crippen LogP contribution < -0.4 is 5.32 Å². The average molecular weight is 323 g/mol. The Morgan fingerprint density at radius 3 is 2.68 bits per heavy atom. The van der Waals surface area contributed by atoms with Crippen LogP contribution in [0.5, 0.6) is 0 Å². The molecule has 2 rings (SSSR count). The van der Waals surface area contributed by atoms with Crippen molar-refractivity contribution in [2.45, 2.75) is 32.6 Å². The molecular weight excluding hydrogens is 304 g/mol. The number of halogens is 1. The predicted octanol–water partition coefficient (Wildman–Crippen LogP) is 2.63. The summed E-state index contributed by atoms with van der Waals surface area (Å²) in [6, 6.07) is 4.79. The van der Waals surface area contributed by atoms with E-state index in [1.54, 1.807) is 18.2 Å². The molecule has 22 heavy (non-hydrogen) atoms. The first-order valence-corrected chi connectivity index (χ1v) is 7.85. The van der Waals surface area contributed by atoms with Gasteiger partial charge in [0.05, 0.1) is 16.1 Å². The predicted molar refractivity (Wildman–Crippen MR) is 84.0 cm³/mol. The third-order valence-corrected chi connectivity index (χ3v) is 3.93. The summed E-state index contributed by atoms with van der Waals surface area (Å²) >= 11 is 5.98. The van der Waals surface area contributed by atoms with Gasteiger partial charge in [-0.05, 0) is 18.6 Å². The first-order chi connectivity index (χ1) is 10.6. The van der Waals surface area contributed by atoms with Gasteiger partial charge in [-0.25, -0.2) is 0 Å². The second-order valence-electron chi connectivity index (χ2n) is 5.23. The van der Waals surface area contributed by atoms with Crippen molar-refractivity contribution in [3.63, 3.8) is 0 Å². The average Bonchev–Trinajstić information content (AvgIpc) is 2.74. The van der Waals surface area contributed by atoms with Gasteiger partial charge < -0.3 is 5.32 Å². The minimum absolute atomic E-state index is 0.0717. The zero-order chi connectivity index (χ0) is 16.1. The van der Waals surface area contributed by atoms with E-state index in [2.05, 4.69) is 12.2 Å². The summed E-state index contributed by atoms with van der Waals surface area (Å²) in [5.41, 5.74) is 0.540. The maximum absolute atomic E-state index is 12.2. The third kappa shape index (κ3) is 3.47. The molecule has 118 valence electrons. The van der Waals surface area contributed by atoms with E-state index >= 15 is 0 Å². The molecule has 1 aromatic rings. The van der Waals surface area contributed by atoms with Gasteiger partial charge in [0.15, 0.2) is 0 Å². The second-order valence-corrected chi connectivity index (χ2v) is 5.64. The number of amides is 3. The maximum atomic E-state index is 12.2. The summed E-state index contributed by atoms with van der Waals surface area (Å²) in [5.74, 6) is -0.968. The van der Waals surface area contributed by atoms with Crippen molar-refractivity contribution in [2.75, 3.05) is 13.1 Å². The van der Waals surface area contributed by atoms with E-state index < -0.39 is 5.91 Å². The standard InChI is InChI=1S/C16H19ClN2O3/c1-2-3-4-9-18-13(20)8-10-19-15(21)11-6-5-7-12(17)14(11)16(19)22/h5-7H,2-4,8-10H2,1H3,(H,18,20). The first kappa shape index (κ1) is 16.5. The Labute approximate surface area is 134 Å². The second kappa shape index (κ2) is 7.40. The van der Waals surface area contributed by atoms with Gasteiger partial charge in [-0.1, -0.05) is 37.4 Å². The zero-order valence-electron chi connectivity index (χ0n) is 12.5. The minimum atomic E-state index is -0.426. The van der Waals surface area contributed by atoms with Crippen LogP contribution in [0.15, 0.2) is 18.2 Å². The highest BCUT2D eigenvalue weighted by atomic mass is 35.5. The number of nitrogens with one attached hydrogen (secondary N) is 1. The van der Waals surface area contributed by atoms with Gasteiger partial charge in [-0.15, -0.1) is 0 Å². The van der Waals surface area contributed by atoms with Crippen molar-refractivity contribution in [2.24, 2.45) is 0 Å². The normalized spacial score (nSPS) is 13.5. The molecule has 1 heterocycles. The molecule has 0 fully saturated rings. The van der Waals surface area contributed by atoms with E-state index in [0.29, 0.717) is 12.1 Å². The van der Waals surface area contributed by atoms with Crippen molar-refractivity contribution in [3.05, 3.63) is 34.3 Å². The Hall–Kier alpha value is -1.88. The van der Waals surface area contributed by atoms with Crippen molar-refractivity contribution < 1.29 is 14.4 Å². The zero-order valence-corrected chi connectivity index (χ0v) is 13.3. The van der Waals surface area contributed by atoms with Crippen LogP contribution in [0.1, 0.15) is 53.3 Å². The number of imide groups is 1. The van der Waals surface area contributed by atoms with Gasteiger partial charge in [0.1, 0.15) is 0 Å². The van der Waals surface area contributed by atoms with Gasteiger partial charge >= 0.3 is 0 Å². The summed E-state index contributed by atoms with van der Waals surface area (Å²) in [7, 11) is 0. The molecule has 0 spiro atoms. The quantitative estimate of drug-likeness (QED) is 0.620. The van der Waals surface area contributed by atoms with Crippen LogP contribution in [0.4, 0.5) is 0 Å². The number of carbonyl (C=O) groups is 3. The summed E-state index contributed by atoms with van der Waals surface area (Å²) in [6.07, 6.45) is 3.20. The third-order valence-electron chi connectivity index (χ3n) is 3.61. The van der Waals surface area contributed by atoms with Gasteiger partial charge in [0.2, 0.25) is 5.91 Å². The number of nitrogens with zero attached hydrogens (tertiary/aromatic N) is 1. The van der Waals surface area contributed by atoms with Gasteiger partial charge in [-0.3, -0.25) is 19.3 Å². The number of fused-ring (bicyclic) bond motifs is 1. The molecular formula is C16H19ClN2O3. The Morgan fingerprint density at radius 1 is 1.23 bits per heavy atom. The summed E-state index contributed by atoms with van der Waals surface area (Å²) in [4.78, 5) is 37.2. The van der Waals surface area contributed by atoms with Crippen LogP contribution in [-0.2, 0) is 4.79 Å². The van der Waals surface area contributed by atoms with Crippen LogP contribution in [0.25, 0.3) is 0 Å². The highest BCUT2D eigenvalue weighted by Crippen LogP contribution is 2.28. The minimum Gasteiger partial charge on any atom is -0.356 e. The molecule has 1 aromatic carbocycles. The Bertz CT molecular complexity index is 601. The summed E-state index contributed by atoms with van der Waals surface area (Å²) in [6.45, 7) is 2.79.